The van der Waals surface area contributed by atoms with Gasteiger partial charge in [0.2, 0.25) is 10.0 Å². The van der Waals surface area contributed by atoms with Crippen LogP contribution in [0.25, 0.3) is 11.0 Å². The van der Waals surface area contributed by atoms with Gasteiger partial charge in [-0.3, -0.25) is 4.98 Å². The quantitative estimate of drug-likeness (QED) is 0.767. The molecular weight excluding hydrogens is 332 g/mol. The summed E-state index contributed by atoms with van der Waals surface area (Å²) in [6.45, 7) is 0.203. The third kappa shape index (κ3) is 2.97. The van der Waals surface area contributed by atoms with Gasteiger partial charge in [-0.1, -0.05) is 12.1 Å². The van der Waals surface area contributed by atoms with Gasteiger partial charge < -0.3 is 0 Å². The van der Waals surface area contributed by atoms with Crippen LogP contribution in [0.2, 0.25) is 0 Å². The summed E-state index contributed by atoms with van der Waals surface area (Å²) >= 11 is 1.01. The highest BCUT2D eigenvalue weighted by atomic mass is 32.2. The van der Waals surface area contributed by atoms with E-state index >= 15 is 0 Å². The molecule has 1 N–H and O–H groups in total. The molecule has 1 aromatic carbocycles. The minimum Gasteiger partial charge on any atom is -0.261 e. The second kappa shape index (κ2) is 5.63. The number of sulfonamides is 1. The van der Waals surface area contributed by atoms with Gasteiger partial charge in [-0.15, -0.1) is 0 Å². The molecule has 6 nitrogen and oxygen atoms in total. The van der Waals surface area contributed by atoms with E-state index in [-0.39, 0.29) is 11.4 Å². The van der Waals surface area contributed by atoms with Crippen molar-refractivity contribution in [1.82, 2.24) is 18.5 Å². The Morgan fingerprint density at radius 3 is 2.78 bits per heavy atom. The molecule has 2 aromatic heterocycles. The lowest BCUT2D eigenvalue weighted by Crippen LogP contribution is -2.23. The number of benzene rings is 1. The van der Waals surface area contributed by atoms with E-state index in [1.54, 1.807) is 24.4 Å². The van der Waals surface area contributed by atoms with Crippen LogP contribution in [0.15, 0.2) is 41.4 Å². The van der Waals surface area contributed by atoms with E-state index in [1.807, 2.05) is 12.1 Å². The summed E-state index contributed by atoms with van der Waals surface area (Å²) in [5.41, 5.74) is 2.93. The summed E-state index contributed by atoms with van der Waals surface area (Å²) in [6.07, 6.45) is 4.14. The molecule has 0 radical (unpaired) electrons. The van der Waals surface area contributed by atoms with Gasteiger partial charge in [0, 0.05) is 24.4 Å². The molecule has 1 aliphatic rings. The summed E-state index contributed by atoms with van der Waals surface area (Å²) in [4.78, 5) is 4.56. The Morgan fingerprint density at radius 1 is 1.17 bits per heavy atom. The Morgan fingerprint density at radius 2 is 2.04 bits per heavy atom. The molecule has 0 amide bonds. The average Bonchev–Trinajstić information content (AvgIpc) is 3.30. The van der Waals surface area contributed by atoms with Crippen LogP contribution in [0.1, 0.15) is 30.0 Å². The molecule has 8 heteroatoms. The van der Waals surface area contributed by atoms with Gasteiger partial charge in [-0.25, -0.2) is 13.1 Å². The van der Waals surface area contributed by atoms with Crippen molar-refractivity contribution in [3.05, 3.63) is 47.8 Å². The second-order valence-corrected chi connectivity index (χ2v) is 7.84. The van der Waals surface area contributed by atoms with Gasteiger partial charge in [0.15, 0.2) is 0 Å². The zero-order valence-corrected chi connectivity index (χ0v) is 13.8. The number of nitrogens with one attached hydrogen (secondary N) is 1. The Hall–Kier alpha value is -1.90. The molecule has 1 aliphatic carbocycles. The Kier molecular flexibility index (Phi) is 3.59. The molecule has 23 heavy (non-hydrogen) atoms. The normalized spacial score (nSPS) is 15.1. The van der Waals surface area contributed by atoms with E-state index in [1.165, 1.54) is 12.8 Å². The fourth-order valence-corrected chi connectivity index (χ4v) is 4.20. The standard InChI is InChI=1S/C15H14N4O2S2/c20-23(21,14-3-1-2-13-15(14)19-22-18-13)17-9-10-4-7-12(16-8-10)11-5-6-11/h1-4,7-8,11,17H,5-6,9H2. The lowest BCUT2D eigenvalue weighted by Gasteiger charge is -2.07. The zero-order chi connectivity index (χ0) is 15.9. The van der Waals surface area contributed by atoms with Crippen LogP contribution in [0.3, 0.4) is 0 Å². The molecule has 0 bridgehead atoms. The largest absolute Gasteiger partial charge is 0.261 e. The lowest BCUT2D eigenvalue weighted by atomic mass is 10.2. The highest BCUT2D eigenvalue weighted by Crippen LogP contribution is 2.38. The van der Waals surface area contributed by atoms with Crippen molar-refractivity contribution >= 4 is 32.8 Å². The maximum absolute atomic E-state index is 12.5. The van der Waals surface area contributed by atoms with Gasteiger partial charge in [-0.2, -0.15) is 8.75 Å². The fourth-order valence-electron chi connectivity index (χ4n) is 2.42. The smallest absolute Gasteiger partial charge is 0.243 e. The molecule has 118 valence electrons. The van der Waals surface area contributed by atoms with Crippen molar-refractivity contribution < 1.29 is 8.42 Å². The Bertz CT molecular complexity index is 947. The molecule has 0 spiro atoms. The molecule has 4 rings (SSSR count). The SMILES string of the molecule is O=S(=O)(NCc1ccc(C2CC2)nc1)c1cccc2nsnc12. The number of pyridine rings is 1. The minimum absolute atomic E-state index is 0.159. The monoisotopic (exact) mass is 346 g/mol. The van der Waals surface area contributed by atoms with Gasteiger partial charge in [0.05, 0.1) is 11.7 Å². The molecule has 3 aromatic rings. The van der Waals surface area contributed by atoms with E-state index in [0.29, 0.717) is 17.0 Å². The van der Waals surface area contributed by atoms with Crippen LogP contribution in [-0.4, -0.2) is 22.1 Å². The maximum Gasteiger partial charge on any atom is 0.243 e. The number of aromatic nitrogens is 3. The lowest BCUT2D eigenvalue weighted by molar-refractivity contribution is 0.582. The third-order valence-electron chi connectivity index (χ3n) is 3.85. The fraction of sp³-hybridized carbons (Fsp3) is 0.267. The molecular formula is C15H14N4O2S2. The van der Waals surface area contributed by atoms with Gasteiger partial charge in [0.25, 0.3) is 0 Å². The number of rotatable bonds is 5. The van der Waals surface area contributed by atoms with Crippen LogP contribution in [-0.2, 0) is 16.6 Å². The summed E-state index contributed by atoms with van der Waals surface area (Å²) in [7, 11) is -3.64. The van der Waals surface area contributed by atoms with Crippen LogP contribution >= 0.6 is 11.7 Å². The predicted molar refractivity (Wildman–Crippen MR) is 87.7 cm³/mol. The van der Waals surface area contributed by atoms with E-state index in [2.05, 4.69) is 18.5 Å². The summed E-state index contributed by atoms with van der Waals surface area (Å²) < 4.78 is 35.8. The molecule has 1 fully saturated rings. The molecule has 0 saturated heterocycles. The van der Waals surface area contributed by atoms with Gasteiger partial charge >= 0.3 is 0 Å². The Balaban J connectivity index is 1.54. The van der Waals surface area contributed by atoms with Crippen molar-refractivity contribution in [1.29, 1.82) is 0 Å². The van der Waals surface area contributed by atoms with Gasteiger partial charge in [-0.05, 0) is 36.6 Å². The van der Waals surface area contributed by atoms with Crippen molar-refractivity contribution in [3.8, 4) is 0 Å². The van der Waals surface area contributed by atoms with E-state index in [4.69, 9.17) is 0 Å². The first-order chi connectivity index (χ1) is 11.1. The summed E-state index contributed by atoms with van der Waals surface area (Å²) in [5, 5.41) is 0. The predicted octanol–water partition coefficient (Wildman–Crippen LogP) is 2.44. The second-order valence-electron chi connectivity index (χ2n) is 5.58. The first-order valence-electron chi connectivity index (χ1n) is 7.29. The molecule has 1 saturated carbocycles. The third-order valence-corrected chi connectivity index (χ3v) is 5.82. The summed E-state index contributed by atoms with van der Waals surface area (Å²) in [5.74, 6) is 0.593. The maximum atomic E-state index is 12.5. The van der Waals surface area contributed by atoms with Crippen molar-refractivity contribution in [2.75, 3.05) is 0 Å². The van der Waals surface area contributed by atoms with Crippen LogP contribution < -0.4 is 4.72 Å². The first-order valence-corrected chi connectivity index (χ1v) is 9.50. The molecule has 0 unspecified atom stereocenters. The Labute approximate surface area is 138 Å². The van der Waals surface area contributed by atoms with Crippen LogP contribution in [0.4, 0.5) is 0 Å². The minimum atomic E-state index is -3.64. The number of hydrogen-bond donors (Lipinski definition) is 1. The van der Waals surface area contributed by atoms with Crippen molar-refractivity contribution in [2.45, 2.75) is 30.2 Å². The van der Waals surface area contributed by atoms with Gasteiger partial charge in [0.1, 0.15) is 15.9 Å². The molecule has 0 atom stereocenters. The zero-order valence-electron chi connectivity index (χ0n) is 12.1. The van der Waals surface area contributed by atoms with Crippen molar-refractivity contribution in [2.24, 2.45) is 0 Å². The topological polar surface area (TPSA) is 84.8 Å². The van der Waals surface area contributed by atoms with Crippen LogP contribution in [0, 0.1) is 0 Å². The number of nitrogens with zero attached hydrogens (tertiary/aromatic N) is 3. The van der Waals surface area contributed by atoms with Crippen molar-refractivity contribution in [3.63, 3.8) is 0 Å². The number of hydrogen-bond acceptors (Lipinski definition) is 6. The highest BCUT2D eigenvalue weighted by Gasteiger charge is 2.24. The average molecular weight is 346 g/mol. The molecule has 0 aliphatic heterocycles. The van der Waals surface area contributed by atoms with Crippen LogP contribution in [0.5, 0.6) is 0 Å². The highest BCUT2D eigenvalue weighted by molar-refractivity contribution is 7.89. The van der Waals surface area contributed by atoms with E-state index < -0.39 is 10.0 Å². The summed E-state index contributed by atoms with van der Waals surface area (Å²) in [6, 6.07) is 8.86. The van der Waals surface area contributed by atoms with E-state index in [9.17, 15) is 8.42 Å². The first kappa shape index (κ1) is 14.7. The molecule has 2 heterocycles. The van der Waals surface area contributed by atoms with E-state index in [0.717, 1.165) is 23.0 Å². The number of fused-ring (bicyclic) bond motifs is 1.